The number of hydrogen-bond donors (Lipinski definition) is 1. The van der Waals surface area contributed by atoms with E-state index in [4.69, 9.17) is 4.99 Å². The topological polar surface area (TPSA) is 27.6 Å². The average Bonchev–Trinajstić information content (AvgIpc) is 2.98. The van der Waals surface area contributed by atoms with Gasteiger partial charge in [0.1, 0.15) is 0 Å². The quantitative estimate of drug-likeness (QED) is 0.438. The summed E-state index contributed by atoms with van der Waals surface area (Å²) in [6.07, 6.45) is 6.92. The maximum Gasteiger partial charge on any atom is 0.193 e. The molecule has 1 aliphatic heterocycles. The predicted octanol–water partition coefficient (Wildman–Crippen LogP) is 4.03. The minimum absolute atomic E-state index is 0. The molecular weight excluding hydrogens is 409 g/mol. The summed E-state index contributed by atoms with van der Waals surface area (Å²) in [7, 11) is 0. The molecule has 3 unspecified atom stereocenters. The van der Waals surface area contributed by atoms with Crippen LogP contribution in [-0.4, -0.2) is 37.0 Å². The molecule has 3 atom stereocenters. The van der Waals surface area contributed by atoms with Crippen LogP contribution in [0.4, 0.5) is 0 Å². The number of rotatable bonds is 3. The van der Waals surface area contributed by atoms with Gasteiger partial charge in [0, 0.05) is 32.1 Å². The predicted molar refractivity (Wildman–Crippen MR) is 111 cm³/mol. The van der Waals surface area contributed by atoms with Gasteiger partial charge < -0.3 is 10.2 Å². The molecule has 1 aromatic carbocycles. The highest BCUT2D eigenvalue weighted by Gasteiger charge is 2.35. The minimum atomic E-state index is 0. The largest absolute Gasteiger partial charge is 0.357 e. The van der Waals surface area contributed by atoms with Crippen LogP contribution in [0.2, 0.25) is 0 Å². The van der Waals surface area contributed by atoms with Crippen molar-refractivity contribution in [2.45, 2.75) is 44.9 Å². The second-order valence-electron chi connectivity index (χ2n) is 7.50. The maximum atomic E-state index is 5.01. The van der Waals surface area contributed by atoms with Gasteiger partial charge in [0.25, 0.3) is 0 Å². The molecule has 2 fully saturated rings. The van der Waals surface area contributed by atoms with Crippen molar-refractivity contribution in [3.05, 3.63) is 35.4 Å². The number of fused-ring (bicyclic) bond motifs is 2. The highest BCUT2D eigenvalue weighted by molar-refractivity contribution is 14.0. The molecule has 3 aliphatic rings. The molecule has 1 aromatic rings. The molecule has 1 saturated heterocycles. The van der Waals surface area contributed by atoms with E-state index in [-0.39, 0.29) is 24.0 Å². The lowest BCUT2D eigenvalue weighted by molar-refractivity contribution is 0.299. The first kappa shape index (κ1) is 18.0. The number of aliphatic imine (C=N–C) groups is 1. The number of nitrogens with one attached hydrogen (secondary N) is 1. The average molecular weight is 439 g/mol. The Labute approximate surface area is 163 Å². The molecule has 1 heterocycles. The van der Waals surface area contributed by atoms with Crippen molar-refractivity contribution in [1.82, 2.24) is 10.2 Å². The minimum Gasteiger partial charge on any atom is -0.357 e. The number of benzene rings is 1. The van der Waals surface area contributed by atoms with E-state index in [0.29, 0.717) is 5.92 Å². The van der Waals surface area contributed by atoms with E-state index < -0.39 is 0 Å². The van der Waals surface area contributed by atoms with Gasteiger partial charge in [0.15, 0.2) is 5.96 Å². The molecular formula is C20H30IN3. The van der Waals surface area contributed by atoms with Crippen molar-refractivity contribution < 1.29 is 0 Å². The number of guanidine groups is 1. The van der Waals surface area contributed by atoms with Crippen molar-refractivity contribution in [1.29, 1.82) is 0 Å². The molecule has 2 aliphatic carbocycles. The molecule has 3 nitrogen and oxygen atoms in total. The molecule has 4 heteroatoms. The van der Waals surface area contributed by atoms with E-state index in [9.17, 15) is 0 Å². The molecule has 0 radical (unpaired) electrons. The van der Waals surface area contributed by atoms with Crippen LogP contribution in [0.25, 0.3) is 0 Å². The Kier molecular flexibility index (Phi) is 6.06. The normalized spacial score (nSPS) is 28.5. The Bertz CT molecular complexity index is 572. The number of likely N-dealkylation sites (tertiary alicyclic amines) is 1. The van der Waals surface area contributed by atoms with Crippen molar-refractivity contribution in [2.24, 2.45) is 16.8 Å². The van der Waals surface area contributed by atoms with Gasteiger partial charge in [0.05, 0.1) is 0 Å². The first-order valence-electron chi connectivity index (χ1n) is 9.46. The third-order valence-electron chi connectivity index (χ3n) is 6.03. The molecule has 1 saturated carbocycles. The SMILES string of the molecule is CCNC(=NCC1Cc2ccccc21)N1CC2CCCCC2C1.I. The number of hydrogen-bond acceptors (Lipinski definition) is 1. The lowest BCUT2D eigenvalue weighted by Gasteiger charge is -2.29. The Morgan fingerprint density at radius 1 is 1.17 bits per heavy atom. The lowest BCUT2D eigenvalue weighted by atomic mass is 9.78. The van der Waals surface area contributed by atoms with E-state index >= 15 is 0 Å². The molecule has 0 spiro atoms. The standard InChI is InChI=1S/C20H29N3.HI/c1-2-21-20(23-13-16-8-3-4-9-17(16)14-23)22-12-18-11-15-7-5-6-10-19(15)18;/h5-7,10,16-18H,2-4,8-9,11-14H2,1H3,(H,21,22);1H. The maximum absolute atomic E-state index is 5.01. The van der Waals surface area contributed by atoms with Gasteiger partial charge in [-0.3, -0.25) is 4.99 Å². The fourth-order valence-electron chi connectivity index (χ4n) is 4.73. The molecule has 0 aromatic heterocycles. The smallest absolute Gasteiger partial charge is 0.193 e. The Morgan fingerprint density at radius 3 is 2.54 bits per heavy atom. The summed E-state index contributed by atoms with van der Waals surface area (Å²) >= 11 is 0. The zero-order chi connectivity index (χ0) is 15.6. The van der Waals surface area contributed by atoms with Gasteiger partial charge in [-0.25, -0.2) is 0 Å². The van der Waals surface area contributed by atoms with Crippen molar-refractivity contribution in [2.75, 3.05) is 26.2 Å². The van der Waals surface area contributed by atoms with Crippen LogP contribution in [0.1, 0.15) is 49.7 Å². The summed E-state index contributed by atoms with van der Waals surface area (Å²) in [5, 5.41) is 3.54. The zero-order valence-corrected chi connectivity index (χ0v) is 17.0. The molecule has 1 N–H and O–H groups in total. The third kappa shape index (κ3) is 3.58. The van der Waals surface area contributed by atoms with Gasteiger partial charge in [-0.2, -0.15) is 0 Å². The molecule has 24 heavy (non-hydrogen) atoms. The van der Waals surface area contributed by atoms with Gasteiger partial charge in [-0.1, -0.05) is 37.1 Å². The summed E-state index contributed by atoms with van der Waals surface area (Å²) < 4.78 is 0. The highest BCUT2D eigenvalue weighted by Crippen LogP contribution is 2.37. The molecule has 4 rings (SSSR count). The Morgan fingerprint density at radius 2 is 1.88 bits per heavy atom. The monoisotopic (exact) mass is 439 g/mol. The Hall–Kier alpha value is -0.780. The molecule has 0 amide bonds. The summed E-state index contributed by atoms with van der Waals surface area (Å²) in [6.45, 7) is 6.52. The fraction of sp³-hybridized carbons (Fsp3) is 0.650. The summed E-state index contributed by atoms with van der Waals surface area (Å²) in [4.78, 5) is 7.54. The second-order valence-corrected chi connectivity index (χ2v) is 7.50. The molecule has 0 bridgehead atoms. The zero-order valence-electron chi connectivity index (χ0n) is 14.7. The van der Waals surface area contributed by atoms with Crippen LogP contribution in [0.3, 0.4) is 0 Å². The van der Waals surface area contributed by atoms with E-state index in [0.717, 1.165) is 30.9 Å². The van der Waals surface area contributed by atoms with Crippen LogP contribution < -0.4 is 5.32 Å². The van der Waals surface area contributed by atoms with E-state index in [1.165, 1.54) is 56.3 Å². The third-order valence-corrected chi connectivity index (χ3v) is 6.03. The summed E-state index contributed by atoms with van der Waals surface area (Å²) in [5.74, 6) is 3.62. The van der Waals surface area contributed by atoms with Gasteiger partial charge >= 0.3 is 0 Å². The van der Waals surface area contributed by atoms with E-state index in [1.807, 2.05) is 0 Å². The van der Waals surface area contributed by atoms with Crippen LogP contribution >= 0.6 is 24.0 Å². The molecule has 132 valence electrons. The van der Waals surface area contributed by atoms with Crippen LogP contribution in [0.15, 0.2) is 29.3 Å². The van der Waals surface area contributed by atoms with Crippen LogP contribution in [0.5, 0.6) is 0 Å². The van der Waals surface area contributed by atoms with Gasteiger partial charge in [-0.05, 0) is 49.1 Å². The van der Waals surface area contributed by atoms with Gasteiger partial charge in [-0.15, -0.1) is 24.0 Å². The van der Waals surface area contributed by atoms with Crippen LogP contribution in [-0.2, 0) is 6.42 Å². The van der Waals surface area contributed by atoms with Crippen molar-refractivity contribution in [3.8, 4) is 0 Å². The summed E-state index contributed by atoms with van der Waals surface area (Å²) in [5.41, 5.74) is 3.03. The fourth-order valence-corrected chi connectivity index (χ4v) is 4.73. The first-order chi connectivity index (χ1) is 11.3. The summed E-state index contributed by atoms with van der Waals surface area (Å²) in [6, 6.07) is 8.84. The van der Waals surface area contributed by atoms with E-state index in [1.54, 1.807) is 0 Å². The Balaban J connectivity index is 0.00000169. The van der Waals surface area contributed by atoms with Crippen LogP contribution in [0, 0.1) is 11.8 Å². The van der Waals surface area contributed by atoms with Crippen molar-refractivity contribution in [3.63, 3.8) is 0 Å². The van der Waals surface area contributed by atoms with E-state index in [2.05, 4.69) is 41.4 Å². The second kappa shape index (κ2) is 8.07. The van der Waals surface area contributed by atoms with Gasteiger partial charge in [0.2, 0.25) is 0 Å². The van der Waals surface area contributed by atoms with Crippen molar-refractivity contribution >= 4 is 29.9 Å². The number of nitrogens with zero attached hydrogens (tertiary/aromatic N) is 2. The first-order valence-corrected chi connectivity index (χ1v) is 9.46. The highest BCUT2D eigenvalue weighted by atomic mass is 127. The lowest BCUT2D eigenvalue weighted by Crippen LogP contribution is -2.40. The number of halogens is 1.